The number of allylic oxidation sites excluding steroid dienone is 2. The van der Waals surface area contributed by atoms with Crippen LogP contribution >= 0.6 is 0 Å². The number of dihydropyridines is 1. The van der Waals surface area contributed by atoms with Crippen LogP contribution < -0.4 is 35.9 Å². The number of nitrogens with two attached hydrogens (primary N) is 1. The number of phenols is 2. The summed E-state index contributed by atoms with van der Waals surface area (Å²) in [6, 6.07) is 8.21. The van der Waals surface area contributed by atoms with Crippen molar-refractivity contribution in [1.29, 1.82) is 0 Å². The van der Waals surface area contributed by atoms with Gasteiger partial charge in [-0.25, -0.2) is 0 Å². The number of aliphatic carboxylic acids is 1. The molecule has 0 aromatic heterocycles. The average Bonchev–Trinajstić information content (AvgIpc) is 3.67. The first-order chi connectivity index (χ1) is 28.8. The van der Waals surface area contributed by atoms with Crippen molar-refractivity contribution in [3.8, 4) is 28.7 Å². The number of hydrogen-bond donors (Lipinski definition) is 10. The van der Waals surface area contributed by atoms with Crippen molar-refractivity contribution >= 4 is 5.97 Å². The third-order valence-corrected chi connectivity index (χ3v) is 13.2. The Kier molecular flexibility index (Phi) is 15.2. The van der Waals surface area contributed by atoms with Crippen LogP contribution in [0.4, 0.5) is 0 Å². The zero-order chi connectivity index (χ0) is 43.0. The van der Waals surface area contributed by atoms with Gasteiger partial charge in [-0.05, 0) is 118 Å². The Balaban J connectivity index is 1.25. The number of piperidine rings is 1. The molecule has 2 aromatic carbocycles. The molecule has 4 aliphatic rings. The van der Waals surface area contributed by atoms with Crippen LogP contribution in [0, 0.1) is 16.7 Å². The number of aliphatic hydroxyl groups excluding tert-OH is 3. The van der Waals surface area contributed by atoms with Gasteiger partial charge in [-0.3, -0.25) is 10.1 Å². The van der Waals surface area contributed by atoms with Crippen LogP contribution in [0.1, 0.15) is 95.3 Å². The Labute approximate surface area is 352 Å². The Morgan fingerprint density at radius 1 is 1.10 bits per heavy atom. The molecule has 60 heavy (non-hydrogen) atoms. The summed E-state index contributed by atoms with van der Waals surface area (Å²) < 4.78 is 24.7. The minimum Gasteiger partial charge on any atom is -0.504 e. The number of hydrogen-bond acceptors (Lipinski definition) is 14. The fraction of sp³-hybridized carbons (Fsp3) is 0.622. The Bertz CT molecular complexity index is 1830. The number of carboxylic acids is 1. The number of aryl methyl sites for hydroxylation is 1. The molecule has 1 aliphatic carbocycles. The van der Waals surface area contributed by atoms with Gasteiger partial charge >= 0.3 is 5.97 Å². The van der Waals surface area contributed by atoms with Gasteiger partial charge in [-0.1, -0.05) is 25.0 Å². The quantitative estimate of drug-likeness (QED) is 0.0708. The van der Waals surface area contributed by atoms with Crippen molar-refractivity contribution in [2.75, 3.05) is 40.1 Å². The third-order valence-electron chi connectivity index (χ3n) is 13.2. The van der Waals surface area contributed by atoms with E-state index in [1.807, 2.05) is 12.1 Å². The number of benzene rings is 2. The van der Waals surface area contributed by atoms with Crippen LogP contribution in [0.5, 0.6) is 28.7 Å². The Morgan fingerprint density at radius 3 is 2.57 bits per heavy atom. The van der Waals surface area contributed by atoms with Gasteiger partial charge in [0.25, 0.3) is 0 Å². The van der Waals surface area contributed by atoms with Gasteiger partial charge in [0.15, 0.2) is 23.0 Å². The van der Waals surface area contributed by atoms with E-state index in [9.17, 15) is 35.4 Å². The van der Waals surface area contributed by atoms with E-state index in [1.54, 1.807) is 31.2 Å². The highest BCUT2D eigenvalue weighted by Gasteiger charge is 2.60. The van der Waals surface area contributed by atoms with E-state index in [4.69, 9.17) is 24.7 Å². The zero-order valence-electron chi connectivity index (χ0n) is 35.2. The minimum atomic E-state index is -0.876. The first kappa shape index (κ1) is 45.3. The maximum absolute atomic E-state index is 12.9. The highest BCUT2D eigenvalue weighted by molar-refractivity contribution is 5.68. The summed E-state index contributed by atoms with van der Waals surface area (Å²) in [5.41, 5.74) is 7.72. The normalized spacial score (nSPS) is 28.0. The molecule has 1 saturated carbocycles. The average molecular weight is 839 g/mol. The van der Waals surface area contributed by atoms with E-state index in [-0.39, 0.29) is 73.3 Å². The van der Waals surface area contributed by atoms with Crippen molar-refractivity contribution in [3.05, 3.63) is 65.0 Å². The molecule has 6 rings (SSSR count). The number of aliphatic hydroxyl groups is 3. The fourth-order valence-electron chi connectivity index (χ4n) is 10.5. The van der Waals surface area contributed by atoms with Gasteiger partial charge in [-0.15, -0.1) is 0 Å². The number of aromatic hydroxyl groups is 2. The molecule has 15 nitrogen and oxygen atoms in total. The summed E-state index contributed by atoms with van der Waals surface area (Å²) in [5, 5.41) is 73.3. The molecular formula is C45H66N4O11. The molecule has 2 aromatic rings. The molecule has 8 atom stereocenters. The molecule has 1 spiro atoms. The second-order valence-corrected chi connectivity index (χ2v) is 17.4. The molecule has 332 valence electrons. The van der Waals surface area contributed by atoms with Gasteiger partial charge in [-0.2, -0.15) is 0 Å². The largest absolute Gasteiger partial charge is 0.504 e. The molecule has 0 amide bonds. The van der Waals surface area contributed by atoms with Gasteiger partial charge in [0.05, 0.1) is 43.8 Å². The molecule has 3 heterocycles. The van der Waals surface area contributed by atoms with E-state index >= 15 is 0 Å². The molecule has 8 unspecified atom stereocenters. The minimum absolute atomic E-state index is 0.00551. The first-order valence-corrected chi connectivity index (χ1v) is 21.5. The van der Waals surface area contributed by atoms with E-state index in [0.29, 0.717) is 55.9 Å². The first-order valence-electron chi connectivity index (χ1n) is 21.5. The van der Waals surface area contributed by atoms with Crippen molar-refractivity contribution in [2.24, 2.45) is 22.5 Å². The topological polar surface area (TPSA) is 237 Å². The predicted octanol–water partition coefficient (Wildman–Crippen LogP) is 4.11. The number of carboxylic acid groups (broad SMARTS) is 1. The summed E-state index contributed by atoms with van der Waals surface area (Å²) in [7, 11) is 1.45. The molecule has 15 heteroatoms. The number of ether oxygens (including phenoxy) is 4. The fourth-order valence-corrected chi connectivity index (χ4v) is 10.5. The van der Waals surface area contributed by atoms with E-state index in [2.05, 4.69) is 29.0 Å². The van der Waals surface area contributed by atoms with Crippen molar-refractivity contribution in [1.82, 2.24) is 16.0 Å². The van der Waals surface area contributed by atoms with Crippen molar-refractivity contribution < 1.29 is 54.4 Å². The number of phenolic OH excluding ortho intramolecular Hbond substituents is 2. The van der Waals surface area contributed by atoms with E-state index in [1.165, 1.54) is 7.11 Å². The second-order valence-electron chi connectivity index (χ2n) is 17.4. The van der Waals surface area contributed by atoms with Crippen molar-refractivity contribution in [3.63, 3.8) is 0 Å². The highest BCUT2D eigenvalue weighted by Crippen LogP contribution is 2.62. The zero-order valence-corrected chi connectivity index (χ0v) is 35.2. The molecular weight excluding hydrogens is 773 g/mol. The van der Waals surface area contributed by atoms with Crippen LogP contribution in [-0.2, 0) is 16.0 Å². The van der Waals surface area contributed by atoms with Gasteiger partial charge < -0.3 is 66.0 Å². The standard InChI is InChI=1S/C45H66N4O11/c1-27-21-44(12-4-5-13-44)45(23-41(54)55,22-30-10-14-48-40(46)17-30)39(49-27)25-58-38-19-31(18-37(57-3)42(38)56)43-33(11-15-50)35(53)20-32(60-43)8-6-29-7-9-34(52)36(16-29)59-26-47-24-28(2)51/h7,9-10,16-19,27-28,32-33,35,39,43,47-53,56H,4-6,8,11-15,20-26,46H2,1-3H3,(H,54,55). The molecule has 2 saturated heterocycles. The lowest BCUT2D eigenvalue weighted by atomic mass is 9.50. The lowest BCUT2D eigenvalue weighted by Gasteiger charge is -2.58. The maximum atomic E-state index is 12.9. The molecule has 0 bridgehead atoms. The van der Waals surface area contributed by atoms with Crippen molar-refractivity contribution in [2.45, 2.75) is 121 Å². The monoisotopic (exact) mass is 838 g/mol. The number of methoxy groups -OCH3 is 1. The lowest BCUT2D eigenvalue weighted by Crippen LogP contribution is -2.65. The van der Waals surface area contributed by atoms with Crippen LogP contribution in [0.25, 0.3) is 0 Å². The summed E-state index contributed by atoms with van der Waals surface area (Å²) in [4.78, 5) is 12.9. The highest BCUT2D eigenvalue weighted by atomic mass is 16.5. The third kappa shape index (κ3) is 10.4. The van der Waals surface area contributed by atoms with Gasteiger partial charge in [0.2, 0.25) is 5.75 Å². The Morgan fingerprint density at radius 2 is 1.87 bits per heavy atom. The van der Waals surface area contributed by atoms with E-state index < -0.39 is 41.7 Å². The molecule has 11 N–H and O–H groups in total. The molecule has 3 fully saturated rings. The molecule has 0 radical (unpaired) electrons. The van der Waals surface area contributed by atoms with Crippen LogP contribution in [-0.4, -0.2) is 107 Å². The number of rotatable bonds is 19. The van der Waals surface area contributed by atoms with Crippen LogP contribution in [0.3, 0.4) is 0 Å². The summed E-state index contributed by atoms with van der Waals surface area (Å²) in [5.74, 6) is -0.414. The van der Waals surface area contributed by atoms with Gasteiger partial charge in [0.1, 0.15) is 13.3 Å². The van der Waals surface area contributed by atoms with E-state index in [0.717, 1.165) is 43.2 Å². The lowest BCUT2D eigenvalue weighted by molar-refractivity contribution is -0.148. The predicted molar refractivity (Wildman–Crippen MR) is 225 cm³/mol. The Hall–Kier alpha value is -4.25. The second kappa shape index (κ2) is 20.1. The number of carbonyl (C=O) groups is 1. The summed E-state index contributed by atoms with van der Waals surface area (Å²) in [6.45, 7) is 4.71. The summed E-state index contributed by atoms with van der Waals surface area (Å²) in [6.07, 6.45) is 8.44. The number of nitrogens with one attached hydrogen (secondary N) is 3. The summed E-state index contributed by atoms with van der Waals surface area (Å²) >= 11 is 0. The smallest absolute Gasteiger partial charge is 0.304 e. The van der Waals surface area contributed by atoms with Gasteiger partial charge in [0, 0.05) is 43.1 Å². The van der Waals surface area contributed by atoms with Crippen LogP contribution in [0.2, 0.25) is 0 Å². The SMILES string of the molecule is COc1cc(C2OC(CCc3ccc(O)c(OCNCC(C)O)c3)CC(O)C2CCO)cc(OCC2NC(C)CC3(CCCC3)C2(CC(=O)O)CC2=CCNC(N)=C2)c1O. The van der Waals surface area contributed by atoms with Crippen LogP contribution in [0.15, 0.2) is 53.9 Å². The maximum Gasteiger partial charge on any atom is 0.304 e. The molecule has 3 aliphatic heterocycles.